The summed E-state index contributed by atoms with van der Waals surface area (Å²) < 4.78 is 1.76. The molecule has 1 aromatic heterocycles. The first-order valence-electron chi connectivity index (χ1n) is 8.34. The largest absolute Gasteiger partial charge is 0.386 e. The van der Waals surface area contributed by atoms with Crippen molar-refractivity contribution in [2.75, 3.05) is 0 Å². The molecule has 0 atom stereocenters. The van der Waals surface area contributed by atoms with Crippen LogP contribution in [0, 0.1) is 11.8 Å². The molecule has 5 nitrogen and oxygen atoms in total. The lowest BCUT2D eigenvalue weighted by molar-refractivity contribution is 0.0785. The van der Waals surface area contributed by atoms with Crippen LogP contribution in [0.15, 0.2) is 42.6 Å². The molecule has 1 heterocycles. The first-order chi connectivity index (χ1) is 12.3. The molecule has 0 aliphatic heterocycles. The number of fused-ring (bicyclic) bond motifs is 1. The zero-order valence-corrected chi connectivity index (χ0v) is 15.1. The third-order valence-electron chi connectivity index (χ3n) is 4.32. The Morgan fingerprint density at radius 1 is 1.23 bits per heavy atom. The van der Waals surface area contributed by atoms with Crippen molar-refractivity contribution in [3.8, 4) is 11.8 Å². The topological polar surface area (TPSA) is 81.1 Å². The molecule has 0 unspecified atom stereocenters. The summed E-state index contributed by atoms with van der Waals surface area (Å²) in [6.45, 7) is 5.75. The minimum atomic E-state index is -0.885. The van der Waals surface area contributed by atoms with Crippen LogP contribution in [-0.2, 0) is 12.1 Å². The van der Waals surface area contributed by atoms with Crippen LogP contribution < -0.4 is 5.73 Å². The van der Waals surface area contributed by atoms with Crippen molar-refractivity contribution >= 4 is 16.8 Å². The van der Waals surface area contributed by atoms with Gasteiger partial charge in [0.2, 0.25) is 0 Å². The normalized spacial score (nSPS) is 11.2. The Kier molecular flexibility index (Phi) is 4.54. The highest BCUT2D eigenvalue weighted by Crippen LogP contribution is 2.24. The fourth-order valence-corrected chi connectivity index (χ4v) is 2.96. The molecule has 0 aliphatic carbocycles. The molecular formula is C21H21N3O2. The molecule has 3 aromatic rings. The summed E-state index contributed by atoms with van der Waals surface area (Å²) in [5.41, 5.74) is 8.43. The van der Waals surface area contributed by atoms with Gasteiger partial charge in [-0.1, -0.05) is 30.2 Å². The number of aromatic nitrogens is 2. The van der Waals surface area contributed by atoms with Gasteiger partial charge < -0.3 is 10.8 Å². The molecule has 0 saturated heterocycles. The Bertz CT molecular complexity index is 1030. The maximum absolute atomic E-state index is 11.9. The van der Waals surface area contributed by atoms with E-state index in [0.717, 1.165) is 22.1 Å². The third kappa shape index (κ3) is 3.32. The summed E-state index contributed by atoms with van der Waals surface area (Å²) in [6, 6.07) is 11.2. The van der Waals surface area contributed by atoms with Crippen molar-refractivity contribution in [2.45, 2.75) is 32.9 Å². The van der Waals surface area contributed by atoms with Gasteiger partial charge in [-0.15, -0.1) is 5.92 Å². The van der Waals surface area contributed by atoms with E-state index in [1.165, 1.54) is 0 Å². The molecule has 0 bridgehead atoms. The van der Waals surface area contributed by atoms with E-state index in [1.807, 2.05) is 24.3 Å². The van der Waals surface area contributed by atoms with Gasteiger partial charge in [-0.05, 0) is 44.0 Å². The number of amides is 1. The van der Waals surface area contributed by atoms with E-state index in [9.17, 15) is 9.90 Å². The standard InChI is InChI=1S/C21H21N3O2/c1-4-5-15-8-11-17(20(22)25)19-18(15)12-23-24(19)13-14-6-9-16(10-7-14)21(2,3)26/h6-12,26H,13H2,1-3H3,(H2,22,25). The van der Waals surface area contributed by atoms with E-state index < -0.39 is 11.5 Å². The monoisotopic (exact) mass is 347 g/mol. The fourth-order valence-electron chi connectivity index (χ4n) is 2.96. The third-order valence-corrected chi connectivity index (χ3v) is 4.32. The minimum Gasteiger partial charge on any atom is -0.386 e. The Labute approximate surface area is 152 Å². The second kappa shape index (κ2) is 6.66. The molecule has 0 saturated carbocycles. The van der Waals surface area contributed by atoms with E-state index in [2.05, 4.69) is 16.9 Å². The molecule has 3 rings (SSSR count). The molecule has 132 valence electrons. The number of hydrogen-bond acceptors (Lipinski definition) is 3. The molecule has 0 radical (unpaired) electrons. The smallest absolute Gasteiger partial charge is 0.250 e. The van der Waals surface area contributed by atoms with Gasteiger partial charge in [0.1, 0.15) is 0 Å². The first-order valence-corrected chi connectivity index (χ1v) is 8.34. The number of carbonyl (C=O) groups is 1. The van der Waals surface area contributed by atoms with Gasteiger partial charge in [0.05, 0.1) is 29.4 Å². The van der Waals surface area contributed by atoms with Crippen LogP contribution in [0.3, 0.4) is 0 Å². The van der Waals surface area contributed by atoms with Crippen LogP contribution in [0.5, 0.6) is 0 Å². The summed E-state index contributed by atoms with van der Waals surface area (Å²) in [5.74, 6) is 5.42. The molecule has 0 aliphatic rings. The van der Waals surface area contributed by atoms with Gasteiger partial charge in [0, 0.05) is 10.9 Å². The van der Waals surface area contributed by atoms with Gasteiger partial charge in [-0.2, -0.15) is 5.10 Å². The molecular weight excluding hydrogens is 326 g/mol. The van der Waals surface area contributed by atoms with Gasteiger partial charge in [0.25, 0.3) is 5.91 Å². The molecule has 5 heteroatoms. The number of nitrogens with two attached hydrogens (primary N) is 1. The van der Waals surface area contributed by atoms with E-state index >= 15 is 0 Å². The number of carbonyl (C=O) groups excluding carboxylic acids is 1. The van der Waals surface area contributed by atoms with Crippen LogP contribution in [0.1, 0.15) is 47.8 Å². The quantitative estimate of drug-likeness (QED) is 0.712. The summed E-state index contributed by atoms with van der Waals surface area (Å²) in [7, 11) is 0. The summed E-state index contributed by atoms with van der Waals surface area (Å²) in [4.78, 5) is 11.9. The van der Waals surface area contributed by atoms with Crippen molar-refractivity contribution in [1.82, 2.24) is 9.78 Å². The highest BCUT2D eigenvalue weighted by molar-refractivity contribution is 6.06. The zero-order valence-electron chi connectivity index (χ0n) is 15.1. The van der Waals surface area contributed by atoms with Crippen molar-refractivity contribution in [1.29, 1.82) is 0 Å². The van der Waals surface area contributed by atoms with Crippen molar-refractivity contribution in [3.63, 3.8) is 0 Å². The summed E-state index contributed by atoms with van der Waals surface area (Å²) in [5, 5.41) is 15.3. The molecule has 3 N–H and O–H groups in total. The van der Waals surface area contributed by atoms with E-state index in [1.54, 1.807) is 43.8 Å². The first kappa shape index (κ1) is 17.7. The van der Waals surface area contributed by atoms with Gasteiger partial charge in [-0.3, -0.25) is 9.48 Å². The van der Waals surface area contributed by atoms with Crippen molar-refractivity contribution in [3.05, 3.63) is 64.8 Å². The Hall–Kier alpha value is -3.10. The van der Waals surface area contributed by atoms with Gasteiger partial charge in [0.15, 0.2) is 0 Å². The number of primary amides is 1. The Morgan fingerprint density at radius 3 is 2.50 bits per heavy atom. The van der Waals surface area contributed by atoms with Crippen LogP contribution in [0.2, 0.25) is 0 Å². The lowest BCUT2D eigenvalue weighted by atomic mass is 9.97. The maximum Gasteiger partial charge on any atom is 0.250 e. The minimum absolute atomic E-state index is 0.423. The average molecular weight is 347 g/mol. The summed E-state index contributed by atoms with van der Waals surface area (Å²) in [6.07, 6.45) is 1.71. The maximum atomic E-state index is 11.9. The van der Waals surface area contributed by atoms with Crippen LogP contribution in [-0.4, -0.2) is 20.8 Å². The second-order valence-corrected chi connectivity index (χ2v) is 6.72. The van der Waals surface area contributed by atoms with Gasteiger partial charge in [-0.25, -0.2) is 0 Å². The summed E-state index contributed by atoms with van der Waals surface area (Å²) >= 11 is 0. The van der Waals surface area contributed by atoms with Gasteiger partial charge >= 0.3 is 0 Å². The lowest BCUT2D eigenvalue weighted by Gasteiger charge is -2.18. The van der Waals surface area contributed by atoms with E-state index in [0.29, 0.717) is 17.6 Å². The van der Waals surface area contributed by atoms with Crippen molar-refractivity contribution < 1.29 is 9.90 Å². The van der Waals surface area contributed by atoms with Crippen LogP contribution in [0.25, 0.3) is 10.9 Å². The number of rotatable bonds is 4. The highest BCUT2D eigenvalue weighted by Gasteiger charge is 2.17. The predicted molar refractivity (Wildman–Crippen MR) is 102 cm³/mol. The Balaban J connectivity index is 2.06. The van der Waals surface area contributed by atoms with E-state index in [4.69, 9.17) is 5.73 Å². The zero-order chi connectivity index (χ0) is 18.9. The second-order valence-electron chi connectivity index (χ2n) is 6.72. The highest BCUT2D eigenvalue weighted by atomic mass is 16.3. The molecule has 2 aromatic carbocycles. The predicted octanol–water partition coefficient (Wildman–Crippen LogP) is 2.78. The molecule has 0 spiro atoms. The molecule has 1 amide bonds. The number of nitrogens with zero attached hydrogens (tertiary/aromatic N) is 2. The van der Waals surface area contributed by atoms with Crippen LogP contribution >= 0.6 is 0 Å². The lowest BCUT2D eigenvalue weighted by Crippen LogP contribution is -2.15. The molecule has 0 fully saturated rings. The SMILES string of the molecule is CC#Cc1ccc(C(N)=O)c2c1cnn2Cc1ccc(C(C)(C)O)cc1. The number of benzene rings is 2. The van der Waals surface area contributed by atoms with E-state index in [-0.39, 0.29) is 0 Å². The van der Waals surface area contributed by atoms with Crippen molar-refractivity contribution in [2.24, 2.45) is 5.73 Å². The number of aliphatic hydroxyl groups is 1. The van der Waals surface area contributed by atoms with Crippen LogP contribution in [0.4, 0.5) is 0 Å². The fraction of sp³-hybridized carbons (Fsp3) is 0.238. The molecule has 26 heavy (non-hydrogen) atoms. The average Bonchev–Trinajstić information content (AvgIpc) is 2.99. The Morgan fingerprint density at radius 2 is 1.92 bits per heavy atom. The number of hydrogen-bond donors (Lipinski definition) is 2.